The van der Waals surface area contributed by atoms with Gasteiger partial charge in [-0.15, -0.1) is 0 Å². The van der Waals surface area contributed by atoms with Crippen LogP contribution in [0.4, 0.5) is 5.13 Å². The lowest BCUT2D eigenvalue weighted by atomic mass is 10.2. The second kappa shape index (κ2) is 8.26. The van der Waals surface area contributed by atoms with Crippen molar-refractivity contribution >= 4 is 38.5 Å². The Morgan fingerprint density at radius 1 is 1.11 bits per heavy atom. The number of para-hydroxylation sites is 3. The Balaban J connectivity index is 1.19. The highest BCUT2D eigenvalue weighted by atomic mass is 32.1. The van der Waals surface area contributed by atoms with E-state index in [1.807, 2.05) is 36.4 Å². The monoisotopic (exact) mass is 397 g/mol. The molecular formula is C20H19N3O4S. The van der Waals surface area contributed by atoms with E-state index in [0.29, 0.717) is 36.0 Å². The minimum atomic E-state index is -0.688. The van der Waals surface area contributed by atoms with E-state index in [0.717, 1.165) is 10.2 Å². The van der Waals surface area contributed by atoms with Gasteiger partial charge in [-0.1, -0.05) is 35.6 Å². The first-order valence-electron chi connectivity index (χ1n) is 9.01. The van der Waals surface area contributed by atoms with Gasteiger partial charge in [-0.25, -0.2) is 4.98 Å². The summed E-state index contributed by atoms with van der Waals surface area (Å²) < 4.78 is 12.2. The summed E-state index contributed by atoms with van der Waals surface area (Å²) in [6.07, 6.45) is 0.125. The molecule has 144 valence electrons. The molecule has 1 atom stereocenters. The van der Waals surface area contributed by atoms with Crippen LogP contribution in [-0.4, -0.2) is 36.1 Å². The molecule has 1 aliphatic heterocycles. The average Bonchev–Trinajstić information content (AvgIpc) is 3.12. The molecule has 2 N–H and O–H groups in total. The minimum Gasteiger partial charge on any atom is -0.485 e. The summed E-state index contributed by atoms with van der Waals surface area (Å²) in [4.78, 5) is 28.7. The number of nitrogens with zero attached hydrogens (tertiary/aromatic N) is 1. The van der Waals surface area contributed by atoms with Gasteiger partial charge in [-0.05, 0) is 30.7 Å². The number of fused-ring (bicyclic) bond motifs is 2. The van der Waals surface area contributed by atoms with Crippen LogP contribution in [0, 0.1) is 0 Å². The van der Waals surface area contributed by atoms with Gasteiger partial charge in [0.15, 0.2) is 16.6 Å². The van der Waals surface area contributed by atoms with Crippen LogP contribution in [0.1, 0.15) is 12.8 Å². The first-order chi connectivity index (χ1) is 13.7. The molecule has 0 aliphatic carbocycles. The van der Waals surface area contributed by atoms with Gasteiger partial charge in [0.25, 0.3) is 5.91 Å². The SMILES string of the molecule is O=C(CCCNC(=O)C1COc2ccccc2O1)Nc1nc2ccccc2s1. The lowest BCUT2D eigenvalue weighted by Crippen LogP contribution is -2.44. The van der Waals surface area contributed by atoms with Gasteiger partial charge < -0.3 is 20.1 Å². The first kappa shape index (κ1) is 18.2. The number of nitrogens with one attached hydrogen (secondary N) is 2. The summed E-state index contributed by atoms with van der Waals surface area (Å²) in [5.74, 6) is 0.822. The number of ether oxygens (including phenoxy) is 2. The third kappa shape index (κ3) is 4.23. The third-order valence-electron chi connectivity index (χ3n) is 4.22. The molecule has 0 radical (unpaired) electrons. The Labute approximate surface area is 165 Å². The van der Waals surface area contributed by atoms with Crippen LogP contribution in [0.15, 0.2) is 48.5 Å². The number of anilines is 1. The summed E-state index contributed by atoms with van der Waals surface area (Å²) in [6, 6.07) is 15.0. The maximum absolute atomic E-state index is 12.2. The second-order valence-electron chi connectivity index (χ2n) is 6.29. The number of hydrogen-bond acceptors (Lipinski definition) is 6. The Hall–Kier alpha value is -3.13. The van der Waals surface area contributed by atoms with Gasteiger partial charge in [-0.2, -0.15) is 0 Å². The summed E-state index contributed by atoms with van der Waals surface area (Å²) in [6.45, 7) is 0.550. The largest absolute Gasteiger partial charge is 0.485 e. The quantitative estimate of drug-likeness (QED) is 0.624. The lowest BCUT2D eigenvalue weighted by Gasteiger charge is -2.25. The van der Waals surface area contributed by atoms with E-state index < -0.39 is 6.10 Å². The van der Waals surface area contributed by atoms with Gasteiger partial charge in [0.05, 0.1) is 10.2 Å². The van der Waals surface area contributed by atoms with Crippen molar-refractivity contribution in [1.82, 2.24) is 10.3 Å². The van der Waals surface area contributed by atoms with Gasteiger partial charge in [-0.3, -0.25) is 9.59 Å². The van der Waals surface area contributed by atoms with Crippen molar-refractivity contribution in [2.75, 3.05) is 18.5 Å². The zero-order valence-electron chi connectivity index (χ0n) is 15.0. The molecule has 3 aromatic rings. The van der Waals surface area contributed by atoms with Crippen molar-refractivity contribution in [3.8, 4) is 11.5 Å². The molecule has 2 aromatic carbocycles. The normalized spacial score (nSPS) is 15.2. The molecule has 7 nitrogen and oxygen atoms in total. The number of amides is 2. The third-order valence-corrected chi connectivity index (χ3v) is 5.17. The van der Waals surface area contributed by atoms with E-state index in [1.54, 1.807) is 12.1 Å². The van der Waals surface area contributed by atoms with Crippen molar-refractivity contribution in [2.45, 2.75) is 18.9 Å². The van der Waals surface area contributed by atoms with Crippen LogP contribution >= 0.6 is 11.3 Å². The molecule has 2 heterocycles. The highest BCUT2D eigenvalue weighted by Gasteiger charge is 2.26. The minimum absolute atomic E-state index is 0.125. The molecule has 0 spiro atoms. The topological polar surface area (TPSA) is 89.6 Å². The maximum Gasteiger partial charge on any atom is 0.264 e. The molecule has 1 aliphatic rings. The maximum atomic E-state index is 12.2. The Bertz CT molecular complexity index is 971. The van der Waals surface area contributed by atoms with Crippen LogP contribution in [0.3, 0.4) is 0 Å². The Morgan fingerprint density at radius 2 is 1.89 bits per heavy atom. The summed E-state index contributed by atoms with van der Waals surface area (Å²) in [5.41, 5.74) is 0.867. The predicted molar refractivity (Wildman–Crippen MR) is 107 cm³/mol. The van der Waals surface area contributed by atoms with Crippen LogP contribution in [0.5, 0.6) is 11.5 Å². The second-order valence-corrected chi connectivity index (χ2v) is 7.32. The van der Waals surface area contributed by atoms with Crippen LogP contribution in [0.25, 0.3) is 10.2 Å². The fourth-order valence-electron chi connectivity index (χ4n) is 2.83. The van der Waals surface area contributed by atoms with Crippen molar-refractivity contribution in [2.24, 2.45) is 0 Å². The molecule has 0 bridgehead atoms. The van der Waals surface area contributed by atoms with Gasteiger partial charge in [0.2, 0.25) is 12.0 Å². The standard InChI is InChI=1S/C20H19N3O4S/c24-18(23-20-22-13-6-1-4-9-17(13)28-20)10-5-11-21-19(25)16-12-26-14-7-2-3-8-15(14)27-16/h1-4,6-9,16H,5,10-12H2,(H,21,25)(H,22,23,24). The average molecular weight is 397 g/mol. The Kier molecular flexibility index (Phi) is 5.38. The molecule has 0 saturated carbocycles. The highest BCUT2D eigenvalue weighted by Crippen LogP contribution is 2.30. The summed E-state index contributed by atoms with van der Waals surface area (Å²) in [7, 11) is 0. The number of hydrogen-bond donors (Lipinski definition) is 2. The van der Waals surface area contributed by atoms with E-state index in [9.17, 15) is 9.59 Å². The smallest absolute Gasteiger partial charge is 0.264 e. The Morgan fingerprint density at radius 3 is 2.75 bits per heavy atom. The molecule has 8 heteroatoms. The van der Waals surface area contributed by atoms with E-state index in [-0.39, 0.29) is 18.4 Å². The molecule has 1 aromatic heterocycles. The van der Waals surface area contributed by atoms with Crippen molar-refractivity contribution in [3.05, 3.63) is 48.5 Å². The molecule has 4 rings (SSSR count). The predicted octanol–water partition coefficient (Wildman–Crippen LogP) is 2.97. The molecule has 0 fully saturated rings. The molecule has 2 amide bonds. The number of rotatable bonds is 6. The van der Waals surface area contributed by atoms with Gasteiger partial charge in [0.1, 0.15) is 6.61 Å². The van der Waals surface area contributed by atoms with Crippen molar-refractivity contribution < 1.29 is 19.1 Å². The van der Waals surface area contributed by atoms with E-state index in [1.165, 1.54) is 11.3 Å². The molecule has 28 heavy (non-hydrogen) atoms. The molecular weight excluding hydrogens is 378 g/mol. The zero-order valence-corrected chi connectivity index (χ0v) is 15.8. The van der Waals surface area contributed by atoms with Crippen LogP contribution < -0.4 is 20.1 Å². The number of carbonyl (C=O) groups is 2. The number of thiazole rings is 1. The van der Waals surface area contributed by atoms with E-state index in [2.05, 4.69) is 15.6 Å². The van der Waals surface area contributed by atoms with E-state index >= 15 is 0 Å². The van der Waals surface area contributed by atoms with Gasteiger partial charge >= 0.3 is 0 Å². The molecule has 1 unspecified atom stereocenters. The summed E-state index contributed by atoms with van der Waals surface area (Å²) in [5, 5.41) is 6.18. The lowest BCUT2D eigenvalue weighted by molar-refractivity contribution is -0.130. The van der Waals surface area contributed by atoms with Gasteiger partial charge in [0, 0.05) is 13.0 Å². The zero-order chi connectivity index (χ0) is 19.3. The van der Waals surface area contributed by atoms with Crippen molar-refractivity contribution in [1.29, 1.82) is 0 Å². The fourth-order valence-corrected chi connectivity index (χ4v) is 3.71. The number of carbonyl (C=O) groups excluding carboxylic acids is 2. The summed E-state index contributed by atoms with van der Waals surface area (Å²) >= 11 is 1.44. The van der Waals surface area contributed by atoms with E-state index in [4.69, 9.17) is 9.47 Å². The molecule has 0 saturated heterocycles. The van der Waals surface area contributed by atoms with Crippen molar-refractivity contribution in [3.63, 3.8) is 0 Å². The van der Waals surface area contributed by atoms with Crippen LogP contribution in [0.2, 0.25) is 0 Å². The highest BCUT2D eigenvalue weighted by molar-refractivity contribution is 7.22. The first-order valence-corrected chi connectivity index (χ1v) is 9.82. The number of aromatic nitrogens is 1. The van der Waals surface area contributed by atoms with Crippen LogP contribution in [-0.2, 0) is 9.59 Å². The number of benzene rings is 2. The fraction of sp³-hybridized carbons (Fsp3) is 0.250.